The van der Waals surface area contributed by atoms with Crippen LogP contribution in [0.2, 0.25) is 0 Å². The van der Waals surface area contributed by atoms with Gasteiger partial charge in [-0.3, -0.25) is 9.59 Å². The van der Waals surface area contributed by atoms with Crippen molar-refractivity contribution in [1.29, 1.82) is 0 Å². The Kier molecular flexibility index (Phi) is 6.41. The lowest BCUT2D eigenvalue weighted by Gasteiger charge is -2.15. The van der Waals surface area contributed by atoms with Gasteiger partial charge < -0.3 is 20.9 Å². The van der Waals surface area contributed by atoms with Gasteiger partial charge in [-0.15, -0.1) is 10.2 Å². The second kappa shape index (κ2) is 8.97. The van der Waals surface area contributed by atoms with Crippen LogP contribution in [0.3, 0.4) is 0 Å². The van der Waals surface area contributed by atoms with Gasteiger partial charge >= 0.3 is 0 Å². The highest BCUT2D eigenvalue weighted by atomic mass is 16.2. The molecule has 1 atom stereocenters. The van der Waals surface area contributed by atoms with Crippen LogP contribution in [0, 0.1) is 5.92 Å². The number of carbonyl (C=O) groups excluding carboxylic acids is 2. The number of anilines is 1. The highest BCUT2D eigenvalue weighted by Crippen LogP contribution is 2.23. The van der Waals surface area contributed by atoms with Crippen LogP contribution in [0.5, 0.6) is 0 Å². The summed E-state index contributed by atoms with van der Waals surface area (Å²) in [6.07, 6.45) is 4.47. The van der Waals surface area contributed by atoms with Gasteiger partial charge in [-0.05, 0) is 43.0 Å². The normalized spacial score (nSPS) is 14.9. The molecule has 0 bridgehead atoms. The predicted octanol–water partition coefficient (Wildman–Crippen LogP) is 1.71. The molecule has 0 radical (unpaired) electrons. The molecule has 150 valence electrons. The van der Waals surface area contributed by atoms with Crippen LogP contribution in [-0.2, 0) is 22.6 Å². The highest BCUT2D eigenvalue weighted by molar-refractivity contribution is 5.95. The van der Waals surface area contributed by atoms with Crippen LogP contribution in [-0.4, -0.2) is 39.2 Å². The minimum Gasteiger partial charge on any atom is -0.346 e. The average molecular weight is 384 g/mol. The van der Waals surface area contributed by atoms with Crippen LogP contribution in [0.25, 0.3) is 11.4 Å². The molecule has 0 spiro atoms. The van der Waals surface area contributed by atoms with Gasteiger partial charge in [-0.2, -0.15) is 0 Å². The monoisotopic (exact) mass is 384 g/mol. The second-order valence-electron chi connectivity index (χ2n) is 7.52. The molecule has 4 N–H and O–H groups in total. The third-order valence-electron chi connectivity index (χ3n) is 4.98. The lowest BCUT2D eigenvalue weighted by atomic mass is 10.1. The third-order valence-corrected chi connectivity index (χ3v) is 4.98. The number of benzene rings is 1. The van der Waals surface area contributed by atoms with E-state index in [2.05, 4.69) is 25.4 Å². The molecule has 8 heteroatoms. The number of nitrogens with one attached hydrogen (secondary N) is 2. The van der Waals surface area contributed by atoms with Crippen molar-refractivity contribution in [2.45, 2.75) is 52.1 Å². The Morgan fingerprint density at radius 3 is 2.61 bits per heavy atom. The number of hydrogen-bond acceptors (Lipinski definition) is 5. The summed E-state index contributed by atoms with van der Waals surface area (Å²) in [5.41, 5.74) is 7.39. The van der Waals surface area contributed by atoms with Crippen LogP contribution < -0.4 is 16.4 Å². The minimum atomic E-state index is -0.620. The molecule has 0 saturated carbocycles. The number of nitrogens with zero attached hydrogens (tertiary/aromatic N) is 3. The van der Waals surface area contributed by atoms with Gasteiger partial charge in [0.05, 0.1) is 12.6 Å². The number of fused-ring (bicyclic) bond motifs is 1. The molecule has 1 aliphatic rings. The van der Waals surface area contributed by atoms with Crippen molar-refractivity contribution in [3.8, 4) is 11.4 Å². The first-order valence-corrected chi connectivity index (χ1v) is 9.81. The maximum Gasteiger partial charge on any atom is 0.243 e. The van der Waals surface area contributed by atoms with E-state index in [4.69, 9.17) is 5.73 Å². The number of hydrogen-bond donors (Lipinski definition) is 3. The van der Waals surface area contributed by atoms with E-state index in [1.165, 1.54) is 6.42 Å². The topological polar surface area (TPSA) is 115 Å². The number of amides is 2. The number of rotatable bonds is 6. The zero-order chi connectivity index (χ0) is 20.1. The highest BCUT2D eigenvalue weighted by Gasteiger charge is 2.18. The summed E-state index contributed by atoms with van der Waals surface area (Å²) in [4.78, 5) is 23.9. The maximum atomic E-state index is 12.1. The van der Waals surface area contributed by atoms with Gasteiger partial charge in [0.2, 0.25) is 11.8 Å². The Balaban J connectivity index is 1.58. The van der Waals surface area contributed by atoms with E-state index in [1.54, 1.807) is 0 Å². The molecule has 0 aliphatic carbocycles. The van der Waals surface area contributed by atoms with Crippen molar-refractivity contribution in [2.75, 3.05) is 11.9 Å². The summed E-state index contributed by atoms with van der Waals surface area (Å²) >= 11 is 0. The Morgan fingerprint density at radius 2 is 1.89 bits per heavy atom. The van der Waals surface area contributed by atoms with E-state index in [1.807, 2.05) is 38.1 Å². The van der Waals surface area contributed by atoms with Gasteiger partial charge in [0.25, 0.3) is 0 Å². The van der Waals surface area contributed by atoms with Crippen molar-refractivity contribution in [3.63, 3.8) is 0 Å². The Morgan fingerprint density at radius 1 is 1.14 bits per heavy atom. The molecule has 0 unspecified atom stereocenters. The van der Waals surface area contributed by atoms with E-state index in [9.17, 15) is 9.59 Å². The molecule has 0 fully saturated rings. The predicted molar refractivity (Wildman–Crippen MR) is 107 cm³/mol. The summed E-state index contributed by atoms with van der Waals surface area (Å²) in [6, 6.07) is 6.88. The molecular formula is C20H28N6O2. The van der Waals surface area contributed by atoms with Gasteiger partial charge in [0.15, 0.2) is 5.82 Å². The zero-order valence-electron chi connectivity index (χ0n) is 16.4. The fraction of sp³-hybridized carbons (Fsp3) is 0.500. The first-order valence-electron chi connectivity index (χ1n) is 9.81. The molecule has 2 aromatic rings. The molecule has 2 heterocycles. The maximum absolute atomic E-state index is 12.1. The van der Waals surface area contributed by atoms with Crippen LogP contribution in [0.4, 0.5) is 5.69 Å². The summed E-state index contributed by atoms with van der Waals surface area (Å²) in [5, 5.41) is 14.0. The SMILES string of the molecule is CC(C)[C@H](N)C(=O)NCC(=O)Nc1ccc(-c2nnc3n2CCCCC3)cc1. The minimum absolute atomic E-state index is 0.0165. The molecule has 2 amide bonds. The van der Waals surface area contributed by atoms with E-state index >= 15 is 0 Å². The Labute approximate surface area is 164 Å². The third kappa shape index (κ3) is 4.75. The number of aryl methyl sites for hydroxylation is 1. The Hall–Kier alpha value is -2.74. The number of nitrogens with two attached hydrogens (primary N) is 1. The largest absolute Gasteiger partial charge is 0.346 e. The molecular weight excluding hydrogens is 356 g/mol. The van der Waals surface area contributed by atoms with Crippen molar-refractivity contribution < 1.29 is 9.59 Å². The second-order valence-corrected chi connectivity index (χ2v) is 7.52. The fourth-order valence-corrected chi connectivity index (χ4v) is 3.19. The number of aromatic nitrogens is 3. The fourth-order valence-electron chi connectivity index (χ4n) is 3.19. The van der Waals surface area contributed by atoms with Crippen LogP contribution in [0.15, 0.2) is 24.3 Å². The van der Waals surface area contributed by atoms with E-state index in [-0.39, 0.29) is 24.3 Å². The molecule has 28 heavy (non-hydrogen) atoms. The summed E-state index contributed by atoms with van der Waals surface area (Å²) in [6.45, 7) is 4.55. The summed E-state index contributed by atoms with van der Waals surface area (Å²) in [7, 11) is 0. The number of carbonyl (C=O) groups is 2. The average Bonchev–Trinajstić information content (AvgIpc) is 2.94. The molecule has 3 rings (SSSR count). The zero-order valence-corrected chi connectivity index (χ0v) is 16.4. The van der Waals surface area contributed by atoms with Gasteiger partial charge in [-0.1, -0.05) is 20.3 Å². The molecule has 1 aromatic carbocycles. The van der Waals surface area contributed by atoms with Crippen molar-refractivity contribution in [3.05, 3.63) is 30.1 Å². The van der Waals surface area contributed by atoms with E-state index in [0.717, 1.165) is 43.0 Å². The van der Waals surface area contributed by atoms with Gasteiger partial charge in [0.1, 0.15) is 5.82 Å². The summed E-state index contributed by atoms with van der Waals surface area (Å²) in [5.74, 6) is 1.30. The van der Waals surface area contributed by atoms with Gasteiger partial charge in [-0.25, -0.2) is 0 Å². The van der Waals surface area contributed by atoms with Crippen LogP contribution in [0.1, 0.15) is 38.9 Å². The van der Waals surface area contributed by atoms with E-state index in [0.29, 0.717) is 5.69 Å². The quantitative estimate of drug-likeness (QED) is 0.701. The van der Waals surface area contributed by atoms with Crippen LogP contribution >= 0.6 is 0 Å². The molecule has 1 aromatic heterocycles. The van der Waals surface area contributed by atoms with Gasteiger partial charge in [0, 0.05) is 24.2 Å². The lowest BCUT2D eigenvalue weighted by Crippen LogP contribution is -2.46. The first-order chi connectivity index (χ1) is 13.5. The standard InChI is InChI=1S/C20H28N6O2/c1-13(2)18(21)20(28)22-12-17(27)23-15-9-7-14(8-10-15)19-25-24-16-6-4-3-5-11-26(16)19/h7-10,13,18H,3-6,11-12,21H2,1-2H3,(H,22,28)(H,23,27)/t18-/m0/s1. The van der Waals surface area contributed by atoms with Crippen molar-refractivity contribution >= 4 is 17.5 Å². The van der Waals surface area contributed by atoms with Crippen molar-refractivity contribution in [1.82, 2.24) is 20.1 Å². The molecule has 8 nitrogen and oxygen atoms in total. The molecule has 1 aliphatic heterocycles. The summed E-state index contributed by atoms with van der Waals surface area (Å²) < 4.78 is 2.19. The smallest absolute Gasteiger partial charge is 0.243 e. The van der Waals surface area contributed by atoms with E-state index < -0.39 is 6.04 Å². The molecule has 0 saturated heterocycles. The Bertz CT molecular complexity index is 828. The lowest BCUT2D eigenvalue weighted by molar-refractivity contribution is -0.125. The van der Waals surface area contributed by atoms with Crippen molar-refractivity contribution in [2.24, 2.45) is 11.7 Å². The first kappa shape index (κ1) is 20.0.